The summed E-state index contributed by atoms with van der Waals surface area (Å²) < 4.78 is 9.11. The van der Waals surface area contributed by atoms with E-state index in [1.54, 1.807) is 6.92 Å². The second-order valence-electron chi connectivity index (χ2n) is 3.32. The molecule has 0 amide bonds. The van der Waals surface area contributed by atoms with E-state index in [9.17, 15) is 14.4 Å². The van der Waals surface area contributed by atoms with Gasteiger partial charge in [0.2, 0.25) is 0 Å². The summed E-state index contributed by atoms with van der Waals surface area (Å²) in [7, 11) is 1.16. The van der Waals surface area contributed by atoms with Crippen LogP contribution in [0.4, 0.5) is 0 Å². The van der Waals surface area contributed by atoms with Crippen LogP contribution in [0.15, 0.2) is 21.9 Å². The summed E-state index contributed by atoms with van der Waals surface area (Å²) in [5.74, 6) is -2.41. The Bertz CT molecular complexity index is 439. The molecule has 0 saturated carbocycles. The molecule has 0 fully saturated rings. The van der Waals surface area contributed by atoms with Gasteiger partial charge in [0.1, 0.15) is 0 Å². The Hall–Kier alpha value is -2.51. The molecule has 0 spiro atoms. The molecule has 0 rings (SSSR count). The Balaban J connectivity index is 4.62. The topological polar surface area (TPSA) is 115 Å². The predicted molar refractivity (Wildman–Crippen MR) is 70.6 cm³/mol. The maximum absolute atomic E-state index is 11.3. The van der Waals surface area contributed by atoms with Crippen molar-refractivity contribution in [3.8, 4) is 0 Å². The van der Waals surface area contributed by atoms with Crippen molar-refractivity contribution in [2.75, 3.05) is 13.7 Å². The van der Waals surface area contributed by atoms with Gasteiger partial charge in [-0.1, -0.05) is 0 Å². The zero-order chi connectivity index (χ0) is 15.4. The highest BCUT2D eigenvalue weighted by Gasteiger charge is 2.10. The van der Waals surface area contributed by atoms with Crippen molar-refractivity contribution in [3.63, 3.8) is 0 Å². The van der Waals surface area contributed by atoms with Crippen LogP contribution >= 0.6 is 0 Å². The minimum atomic E-state index is -0.946. The number of carboxylic acid groups (broad SMARTS) is 1. The van der Waals surface area contributed by atoms with Crippen LogP contribution in [0.3, 0.4) is 0 Å². The average Bonchev–Trinajstić information content (AvgIpc) is 2.40. The quantitative estimate of drug-likeness (QED) is 0.301. The Morgan fingerprint density at radius 1 is 1.25 bits per heavy atom. The zero-order valence-electron chi connectivity index (χ0n) is 11.2. The maximum Gasteiger partial charge on any atom is 0.339 e. The first-order chi connectivity index (χ1) is 9.51. The van der Waals surface area contributed by atoms with Gasteiger partial charge >= 0.3 is 17.9 Å². The molecular formula is C12H16N2O6. The summed E-state index contributed by atoms with van der Waals surface area (Å²) in [5.41, 5.74) is -0.124. The first kappa shape index (κ1) is 17.5. The molecule has 0 heterocycles. The average molecular weight is 284 g/mol. The van der Waals surface area contributed by atoms with Crippen LogP contribution < -0.4 is 0 Å². The number of carbonyl (C=O) groups is 3. The molecule has 110 valence electrons. The van der Waals surface area contributed by atoms with Gasteiger partial charge in [-0.3, -0.25) is 4.79 Å². The second kappa shape index (κ2) is 10.4. The van der Waals surface area contributed by atoms with E-state index in [4.69, 9.17) is 5.11 Å². The molecule has 0 bridgehead atoms. The zero-order valence-corrected chi connectivity index (χ0v) is 11.2. The van der Waals surface area contributed by atoms with E-state index in [1.165, 1.54) is 6.21 Å². The molecule has 0 radical (unpaired) electrons. The lowest BCUT2D eigenvalue weighted by molar-refractivity contribution is -0.139. The number of ether oxygens (including phenoxy) is 2. The smallest absolute Gasteiger partial charge is 0.339 e. The number of esters is 2. The molecule has 0 aromatic rings. The Labute approximate surface area is 115 Å². The fourth-order valence-corrected chi connectivity index (χ4v) is 0.966. The number of hydrogen-bond donors (Lipinski definition) is 1. The summed E-state index contributed by atoms with van der Waals surface area (Å²) in [6.45, 7) is 1.80. The Kier molecular flexibility index (Phi) is 9.11. The van der Waals surface area contributed by atoms with Crippen molar-refractivity contribution >= 4 is 30.3 Å². The van der Waals surface area contributed by atoms with E-state index >= 15 is 0 Å². The predicted octanol–water partition coefficient (Wildman–Crippen LogP) is 0.570. The number of aliphatic carboxylic acids is 1. The van der Waals surface area contributed by atoms with Gasteiger partial charge in [-0.25, -0.2) is 9.59 Å². The lowest BCUT2D eigenvalue weighted by atomic mass is 10.3. The summed E-state index contributed by atoms with van der Waals surface area (Å²) in [4.78, 5) is 32.8. The van der Waals surface area contributed by atoms with E-state index in [0.717, 1.165) is 19.4 Å². The number of rotatable bonds is 8. The van der Waals surface area contributed by atoms with Gasteiger partial charge in [0, 0.05) is 12.3 Å². The number of hydrogen-bond acceptors (Lipinski definition) is 7. The molecule has 20 heavy (non-hydrogen) atoms. The summed E-state index contributed by atoms with van der Waals surface area (Å²) in [5, 5.41) is 15.4. The normalized spacial score (nSPS) is 11.8. The van der Waals surface area contributed by atoms with Crippen LogP contribution in [-0.2, 0) is 23.9 Å². The van der Waals surface area contributed by atoms with Crippen molar-refractivity contribution in [1.29, 1.82) is 0 Å². The number of carboxylic acids is 1. The number of carbonyl (C=O) groups excluding carboxylic acids is 2. The molecule has 0 aliphatic heterocycles. The van der Waals surface area contributed by atoms with Gasteiger partial charge < -0.3 is 14.6 Å². The van der Waals surface area contributed by atoms with Gasteiger partial charge in [0.15, 0.2) is 0 Å². The molecule has 0 aliphatic rings. The van der Waals surface area contributed by atoms with E-state index in [1.807, 2.05) is 0 Å². The van der Waals surface area contributed by atoms with Crippen molar-refractivity contribution in [3.05, 3.63) is 11.6 Å². The van der Waals surface area contributed by atoms with Gasteiger partial charge in [-0.05, 0) is 13.3 Å². The third kappa shape index (κ3) is 8.56. The van der Waals surface area contributed by atoms with Crippen molar-refractivity contribution in [2.24, 2.45) is 10.2 Å². The SMILES string of the molecule is CCOC(=O)C=C(C=NN=CCCC(=O)O)C(=O)OC. The van der Waals surface area contributed by atoms with E-state index in [2.05, 4.69) is 19.7 Å². The molecule has 0 atom stereocenters. The van der Waals surface area contributed by atoms with Gasteiger partial charge in [-0.15, -0.1) is 0 Å². The first-order valence-electron chi connectivity index (χ1n) is 5.74. The van der Waals surface area contributed by atoms with E-state index in [0.29, 0.717) is 0 Å². The number of methoxy groups -OCH3 is 1. The Morgan fingerprint density at radius 2 is 1.95 bits per heavy atom. The molecule has 8 nitrogen and oxygen atoms in total. The monoisotopic (exact) mass is 284 g/mol. The minimum absolute atomic E-state index is 0.0679. The van der Waals surface area contributed by atoms with Crippen LogP contribution in [0.25, 0.3) is 0 Å². The fraction of sp³-hybridized carbons (Fsp3) is 0.417. The molecular weight excluding hydrogens is 268 g/mol. The highest BCUT2D eigenvalue weighted by Crippen LogP contribution is 1.97. The molecule has 0 aromatic heterocycles. The van der Waals surface area contributed by atoms with Crippen molar-refractivity contribution in [2.45, 2.75) is 19.8 Å². The molecule has 0 unspecified atom stereocenters. The van der Waals surface area contributed by atoms with Crippen LogP contribution in [0, 0.1) is 0 Å². The first-order valence-corrected chi connectivity index (χ1v) is 5.74. The number of nitrogens with zero attached hydrogens (tertiary/aromatic N) is 2. The second-order valence-corrected chi connectivity index (χ2v) is 3.32. The highest BCUT2D eigenvalue weighted by atomic mass is 16.5. The summed E-state index contributed by atoms with van der Waals surface area (Å²) >= 11 is 0. The standard InChI is InChI=1S/C12H16N2O6/c1-3-20-11(17)7-9(12(18)19-2)8-14-13-6-4-5-10(15)16/h6-8H,3-5H2,1-2H3,(H,15,16). The van der Waals surface area contributed by atoms with Crippen molar-refractivity contribution < 1.29 is 29.0 Å². The van der Waals surface area contributed by atoms with Crippen LogP contribution in [-0.4, -0.2) is 49.2 Å². The van der Waals surface area contributed by atoms with E-state index < -0.39 is 17.9 Å². The van der Waals surface area contributed by atoms with Gasteiger partial charge in [-0.2, -0.15) is 10.2 Å². The van der Waals surface area contributed by atoms with Crippen LogP contribution in [0.5, 0.6) is 0 Å². The lowest BCUT2D eigenvalue weighted by Crippen LogP contribution is -2.10. The third-order valence-electron chi connectivity index (χ3n) is 1.81. The van der Waals surface area contributed by atoms with Gasteiger partial charge in [0.25, 0.3) is 0 Å². The largest absolute Gasteiger partial charge is 0.481 e. The van der Waals surface area contributed by atoms with E-state index in [-0.39, 0.29) is 25.0 Å². The lowest BCUT2D eigenvalue weighted by Gasteiger charge is -1.99. The molecule has 0 aromatic carbocycles. The molecule has 0 aliphatic carbocycles. The maximum atomic E-state index is 11.3. The fourth-order valence-electron chi connectivity index (χ4n) is 0.966. The molecule has 8 heteroatoms. The highest BCUT2D eigenvalue weighted by molar-refractivity contribution is 6.13. The molecule has 0 saturated heterocycles. The van der Waals surface area contributed by atoms with Crippen LogP contribution in [0.2, 0.25) is 0 Å². The Morgan fingerprint density at radius 3 is 2.50 bits per heavy atom. The summed E-state index contributed by atoms with van der Waals surface area (Å²) in [6, 6.07) is 0. The minimum Gasteiger partial charge on any atom is -0.481 e. The van der Waals surface area contributed by atoms with Crippen LogP contribution in [0.1, 0.15) is 19.8 Å². The third-order valence-corrected chi connectivity index (χ3v) is 1.81. The summed E-state index contributed by atoms with van der Waals surface area (Å²) in [6.07, 6.45) is 3.39. The molecule has 1 N–H and O–H groups in total. The van der Waals surface area contributed by atoms with Gasteiger partial charge in [0.05, 0.1) is 31.9 Å². The van der Waals surface area contributed by atoms with Crippen molar-refractivity contribution in [1.82, 2.24) is 0 Å².